The average molecular weight is 343 g/mol. The van der Waals surface area contributed by atoms with Gasteiger partial charge in [0.25, 0.3) is 5.91 Å². The molecule has 5 heteroatoms. The van der Waals surface area contributed by atoms with Gasteiger partial charge in [0.15, 0.2) is 5.13 Å². The summed E-state index contributed by atoms with van der Waals surface area (Å²) in [6.07, 6.45) is 4.09. The van der Waals surface area contributed by atoms with Crippen LogP contribution in [0.15, 0.2) is 35.8 Å². The van der Waals surface area contributed by atoms with E-state index in [1.54, 1.807) is 11.3 Å². The lowest BCUT2D eigenvalue weighted by molar-refractivity contribution is 0.0951. The minimum atomic E-state index is 0.00134. The molecule has 2 aromatic rings. The van der Waals surface area contributed by atoms with E-state index >= 15 is 0 Å². The van der Waals surface area contributed by atoms with Crippen LogP contribution >= 0.6 is 11.3 Å². The van der Waals surface area contributed by atoms with Crippen LogP contribution in [0.5, 0.6) is 0 Å². The number of hydrogen-bond donors (Lipinski definition) is 1. The molecule has 24 heavy (non-hydrogen) atoms. The maximum Gasteiger partial charge on any atom is 0.251 e. The van der Waals surface area contributed by atoms with E-state index in [9.17, 15) is 4.79 Å². The largest absolute Gasteiger partial charge is 0.350 e. The van der Waals surface area contributed by atoms with Crippen molar-refractivity contribution in [3.05, 3.63) is 47.0 Å². The molecule has 0 radical (unpaired) electrons. The first-order chi connectivity index (χ1) is 11.4. The van der Waals surface area contributed by atoms with E-state index in [1.807, 2.05) is 35.8 Å². The van der Waals surface area contributed by atoms with E-state index in [2.05, 4.69) is 36.0 Å². The molecule has 1 N–H and O–H groups in total. The molecule has 1 unspecified atom stereocenters. The summed E-state index contributed by atoms with van der Waals surface area (Å²) in [5.74, 6) is 0.00134. The van der Waals surface area contributed by atoms with Gasteiger partial charge in [-0.25, -0.2) is 4.98 Å². The van der Waals surface area contributed by atoms with Gasteiger partial charge in [-0.1, -0.05) is 32.9 Å². The topological polar surface area (TPSA) is 45.2 Å². The summed E-state index contributed by atoms with van der Waals surface area (Å²) < 4.78 is 0. The lowest BCUT2D eigenvalue weighted by atomic mass is 9.87. The SMILES string of the molecule is CC(C)(C)c1ccc(C(=O)NCC2CCCN2c2nccs2)cc1. The Morgan fingerprint density at radius 1 is 1.33 bits per heavy atom. The highest BCUT2D eigenvalue weighted by Crippen LogP contribution is 2.27. The maximum atomic E-state index is 12.4. The molecule has 1 atom stereocenters. The molecular formula is C19H25N3OS. The number of carbonyl (C=O) groups excluding carboxylic acids is 1. The predicted octanol–water partition coefficient (Wildman–Crippen LogP) is 3.84. The van der Waals surface area contributed by atoms with Gasteiger partial charge in [-0.2, -0.15) is 0 Å². The summed E-state index contributed by atoms with van der Waals surface area (Å²) in [5.41, 5.74) is 2.07. The Balaban J connectivity index is 1.59. The van der Waals surface area contributed by atoms with Gasteiger partial charge < -0.3 is 10.2 Å². The average Bonchev–Trinajstić information content (AvgIpc) is 3.22. The second-order valence-corrected chi connectivity index (χ2v) is 8.21. The van der Waals surface area contributed by atoms with E-state index in [0.717, 1.165) is 30.1 Å². The van der Waals surface area contributed by atoms with Crippen LogP contribution in [-0.4, -0.2) is 30.0 Å². The first-order valence-corrected chi connectivity index (χ1v) is 9.38. The molecule has 1 saturated heterocycles. The van der Waals surface area contributed by atoms with Crippen molar-refractivity contribution in [2.24, 2.45) is 0 Å². The van der Waals surface area contributed by atoms with Gasteiger partial charge in [-0.15, -0.1) is 11.3 Å². The molecule has 2 heterocycles. The Hall–Kier alpha value is -1.88. The molecule has 1 aliphatic heterocycles. The van der Waals surface area contributed by atoms with Gasteiger partial charge in [0.05, 0.1) is 0 Å². The zero-order valence-electron chi connectivity index (χ0n) is 14.6. The third kappa shape index (κ3) is 3.78. The number of hydrogen-bond acceptors (Lipinski definition) is 4. The number of thiazole rings is 1. The van der Waals surface area contributed by atoms with Crippen LogP contribution < -0.4 is 10.2 Å². The number of aromatic nitrogens is 1. The molecule has 128 valence electrons. The minimum absolute atomic E-state index is 0.00134. The second-order valence-electron chi connectivity index (χ2n) is 7.34. The standard InChI is InChI=1S/C19H25N3OS/c1-19(2,3)15-8-6-14(7-9-15)17(23)21-13-16-5-4-11-22(16)18-20-10-12-24-18/h6-10,12,16H,4-5,11,13H2,1-3H3,(H,21,23). The molecule has 1 aliphatic rings. The number of carbonyl (C=O) groups is 1. The molecule has 3 rings (SSSR count). The van der Waals surface area contributed by atoms with E-state index in [4.69, 9.17) is 0 Å². The maximum absolute atomic E-state index is 12.4. The van der Waals surface area contributed by atoms with Crippen molar-refractivity contribution in [2.75, 3.05) is 18.0 Å². The van der Waals surface area contributed by atoms with Crippen molar-refractivity contribution in [3.8, 4) is 0 Å². The monoisotopic (exact) mass is 343 g/mol. The number of amides is 1. The van der Waals surface area contributed by atoms with Crippen molar-refractivity contribution >= 4 is 22.4 Å². The number of benzene rings is 1. The van der Waals surface area contributed by atoms with Gasteiger partial charge in [0.1, 0.15) is 0 Å². The van der Waals surface area contributed by atoms with Crippen LogP contribution in [0, 0.1) is 0 Å². The van der Waals surface area contributed by atoms with Crippen LogP contribution in [0.1, 0.15) is 49.5 Å². The molecule has 1 aromatic heterocycles. The fraction of sp³-hybridized carbons (Fsp3) is 0.474. The Morgan fingerprint density at radius 3 is 2.71 bits per heavy atom. The minimum Gasteiger partial charge on any atom is -0.350 e. The van der Waals surface area contributed by atoms with Crippen molar-refractivity contribution in [1.29, 1.82) is 0 Å². The third-order valence-corrected chi connectivity index (χ3v) is 5.36. The van der Waals surface area contributed by atoms with E-state index < -0.39 is 0 Å². The molecule has 0 spiro atoms. The van der Waals surface area contributed by atoms with Crippen LogP contribution in [0.4, 0.5) is 5.13 Å². The molecule has 1 amide bonds. The van der Waals surface area contributed by atoms with E-state index in [0.29, 0.717) is 12.6 Å². The van der Waals surface area contributed by atoms with Crippen LogP contribution in [0.2, 0.25) is 0 Å². The molecule has 0 aliphatic carbocycles. The molecular weight excluding hydrogens is 318 g/mol. The Kier molecular flexibility index (Phi) is 4.90. The molecule has 0 bridgehead atoms. The number of nitrogens with one attached hydrogen (secondary N) is 1. The predicted molar refractivity (Wildman–Crippen MR) is 100.0 cm³/mol. The first-order valence-electron chi connectivity index (χ1n) is 8.50. The van der Waals surface area contributed by atoms with Crippen molar-refractivity contribution in [2.45, 2.75) is 45.1 Å². The summed E-state index contributed by atoms with van der Waals surface area (Å²) in [7, 11) is 0. The second kappa shape index (κ2) is 6.93. The van der Waals surface area contributed by atoms with E-state index in [1.165, 1.54) is 5.56 Å². The molecule has 1 aromatic carbocycles. The molecule has 1 fully saturated rings. The summed E-state index contributed by atoms with van der Waals surface area (Å²) in [4.78, 5) is 19.1. The summed E-state index contributed by atoms with van der Waals surface area (Å²) in [6, 6.07) is 8.28. The number of nitrogens with zero attached hydrogens (tertiary/aromatic N) is 2. The van der Waals surface area contributed by atoms with Crippen molar-refractivity contribution in [3.63, 3.8) is 0 Å². The van der Waals surface area contributed by atoms with Crippen molar-refractivity contribution in [1.82, 2.24) is 10.3 Å². The fourth-order valence-electron chi connectivity index (χ4n) is 3.09. The van der Waals surface area contributed by atoms with Crippen molar-refractivity contribution < 1.29 is 4.79 Å². The lowest BCUT2D eigenvalue weighted by Crippen LogP contribution is -2.40. The first kappa shape index (κ1) is 17.0. The summed E-state index contributed by atoms with van der Waals surface area (Å²) in [5, 5.41) is 6.14. The lowest BCUT2D eigenvalue weighted by Gasteiger charge is -2.24. The summed E-state index contributed by atoms with van der Waals surface area (Å²) in [6.45, 7) is 8.22. The van der Waals surface area contributed by atoms with Gasteiger partial charge in [0, 0.05) is 36.3 Å². The van der Waals surface area contributed by atoms with Gasteiger partial charge >= 0.3 is 0 Å². The van der Waals surface area contributed by atoms with Crippen LogP contribution in [0.25, 0.3) is 0 Å². The van der Waals surface area contributed by atoms with Gasteiger partial charge in [-0.3, -0.25) is 4.79 Å². The van der Waals surface area contributed by atoms with Crippen LogP contribution in [-0.2, 0) is 5.41 Å². The number of rotatable bonds is 4. The summed E-state index contributed by atoms with van der Waals surface area (Å²) >= 11 is 1.66. The Labute approximate surface area is 147 Å². The number of anilines is 1. The highest BCUT2D eigenvalue weighted by Gasteiger charge is 2.26. The molecule has 4 nitrogen and oxygen atoms in total. The van der Waals surface area contributed by atoms with E-state index in [-0.39, 0.29) is 11.3 Å². The Bertz CT molecular complexity index is 674. The zero-order valence-corrected chi connectivity index (χ0v) is 15.4. The van der Waals surface area contributed by atoms with Crippen LogP contribution in [0.3, 0.4) is 0 Å². The zero-order chi connectivity index (χ0) is 17.2. The third-order valence-electron chi connectivity index (χ3n) is 4.55. The Morgan fingerprint density at radius 2 is 2.08 bits per heavy atom. The smallest absolute Gasteiger partial charge is 0.251 e. The highest BCUT2D eigenvalue weighted by atomic mass is 32.1. The fourth-order valence-corrected chi connectivity index (χ4v) is 3.83. The highest BCUT2D eigenvalue weighted by molar-refractivity contribution is 7.13. The molecule has 0 saturated carbocycles. The van der Waals surface area contributed by atoms with Gasteiger partial charge in [-0.05, 0) is 36.0 Å². The van der Waals surface area contributed by atoms with Gasteiger partial charge in [0.2, 0.25) is 0 Å². The normalized spacial score (nSPS) is 18.0. The quantitative estimate of drug-likeness (QED) is 0.917.